The van der Waals surface area contributed by atoms with Crippen molar-refractivity contribution >= 4 is 22.6 Å². The molecular weight excluding hydrogens is 241 g/mol. The summed E-state index contributed by atoms with van der Waals surface area (Å²) >= 11 is 2.13. The minimum Gasteiger partial charge on any atom is -0.454 e. The van der Waals surface area contributed by atoms with E-state index in [9.17, 15) is 0 Å². The van der Waals surface area contributed by atoms with Gasteiger partial charge in [-0.05, 0) is 41.1 Å². The first-order valence-electron chi connectivity index (χ1n) is 3.25. The molecule has 3 heteroatoms. The fourth-order valence-electron chi connectivity index (χ4n) is 0.729. The van der Waals surface area contributed by atoms with Crippen LogP contribution in [0.2, 0.25) is 0 Å². The van der Waals surface area contributed by atoms with Gasteiger partial charge in [-0.2, -0.15) is 0 Å². The zero-order valence-electron chi connectivity index (χ0n) is 5.80. The van der Waals surface area contributed by atoms with Crippen molar-refractivity contribution in [2.45, 2.75) is 19.4 Å². The second-order valence-corrected chi connectivity index (χ2v) is 3.22. The lowest BCUT2D eigenvalue weighted by molar-refractivity contribution is 0.442. The first-order valence-corrected chi connectivity index (χ1v) is 4.32. The molecule has 0 aliphatic heterocycles. The third-order valence-corrected chi connectivity index (χ3v) is 1.98. The average Bonchev–Trinajstić information content (AvgIpc) is 2.34. The van der Waals surface area contributed by atoms with E-state index in [-0.39, 0.29) is 6.04 Å². The van der Waals surface area contributed by atoms with Crippen molar-refractivity contribution < 1.29 is 4.42 Å². The Morgan fingerprint density at radius 2 is 2.40 bits per heavy atom. The van der Waals surface area contributed by atoms with E-state index in [0.717, 1.165) is 15.9 Å². The maximum absolute atomic E-state index is 5.71. The SMILES string of the molecule is CC[C@@H](N)c1ccc(I)o1. The van der Waals surface area contributed by atoms with Crippen LogP contribution in [-0.4, -0.2) is 0 Å². The van der Waals surface area contributed by atoms with Crippen molar-refractivity contribution in [3.8, 4) is 0 Å². The van der Waals surface area contributed by atoms with E-state index in [0.29, 0.717) is 0 Å². The van der Waals surface area contributed by atoms with Gasteiger partial charge in [-0.25, -0.2) is 0 Å². The highest BCUT2D eigenvalue weighted by Crippen LogP contribution is 2.17. The molecule has 1 heterocycles. The Labute approximate surface area is 73.9 Å². The van der Waals surface area contributed by atoms with E-state index in [4.69, 9.17) is 10.2 Å². The highest BCUT2D eigenvalue weighted by Gasteiger charge is 2.06. The summed E-state index contributed by atoms with van der Waals surface area (Å²) in [5.41, 5.74) is 5.71. The summed E-state index contributed by atoms with van der Waals surface area (Å²) in [5, 5.41) is 0. The number of nitrogens with two attached hydrogens (primary N) is 1. The quantitative estimate of drug-likeness (QED) is 0.819. The van der Waals surface area contributed by atoms with Gasteiger partial charge in [0.2, 0.25) is 0 Å². The molecule has 2 nitrogen and oxygen atoms in total. The second-order valence-electron chi connectivity index (χ2n) is 2.16. The van der Waals surface area contributed by atoms with Crippen molar-refractivity contribution in [1.82, 2.24) is 0 Å². The monoisotopic (exact) mass is 251 g/mol. The number of furan rings is 1. The molecule has 0 amide bonds. The highest BCUT2D eigenvalue weighted by atomic mass is 127. The standard InChI is InChI=1S/C7H10INO/c1-2-5(9)6-3-4-7(8)10-6/h3-5H,2,9H2,1H3/t5-/m1/s1. The summed E-state index contributed by atoms with van der Waals surface area (Å²) in [6.45, 7) is 2.04. The Morgan fingerprint density at radius 3 is 2.80 bits per heavy atom. The summed E-state index contributed by atoms with van der Waals surface area (Å²) in [7, 11) is 0. The summed E-state index contributed by atoms with van der Waals surface area (Å²) in [6, 6.07) is 3.91. The Morgan fingerprint density at radius 1 is 1.70 bits per heavy atom. The maximum atomic E-state index is 5.71. The van der Waals surface area contributed by atoms with Gasteiger partial charge >= 0.3 is 0 Å². The molecule has 0 spiro atoms. The minimum atomic E-state index is 0.0588. The van der Waals surface area contributed by atoms with Gasteiger partial charge in [0.15, 0.2) is 3.77 Å². The first kappa shape index (κ1) is 8.07. The van der Waals surface area contributed by atoms with Crippen molar-refractivity contribution in [2.24, 2.45) is 5.73 Å². The van der Waals surface area contributed by atoms with Crippen LogP contribution in [0.25, 0.3) is 0 Å². The van der Waals surface area contributed by atoms with E-state index in [2.05, 4.69) is 22.6 Å². The normalized spacial score (nSPS) is 13.5. The molecule has 0 fully saturated rings. The predicted molar refractivity (Wildman–Crippen MR) is 48.6 cm³/mol. The van der Waals surface area contributed by atoms with Crippen LogP contribution in [0.1, 0.15) is 25.1 Å². The van der Waals surface area contributed by atoms with Crippen LogP contribution in [0.4, 0.5) is 0 Å². The van der Waals surface area contributed by atoms with Gasteiger partial charge in [-0.1, -0.05) is 6.92 Å². The van der Waals surface area contributed by atoms with Crippen LogP contribution in [0.5, 0.6) is 0 Å². The van der Waals surface area contributed by atoms with Crippen molar-refractivity contribution in [1.29, 1.82) is 0 Å². The van der Waals surface area contributed by atoms with Crippen LogP contribution in [-0.2, 0) is 0 Å². The highest BCUT2D eigenvalue weighted by molar-refractivity contribution is 14.1. The van der Waals surface area contributed by atoms with Gasteiger partial charge in [0.25, 0.3) is 0 Å². The topological polar surface area (TPSA) is 39.2 Å². The fraction of sp³-hybridized carbons (Fsp3) is 0.429. The molecule has 0 aromatic carbocycles. The van der Waals surface area contributed by atoms with Crippen LogP contribution in [0.15, 0.2) is 16.5 Å². The lowest BCUT2D eigenvalue weighted by atomic mass is 10.2. The lowest BCUT2D eigenvalue weighted by Gasteiger charge is -2.02. The zero-order valence-corrected chi connectivity index (χ0v) is 7.96. The van der Waals surface area contributed by atoms with Gasteiger partial charge < -0.3 is 10.2 Å². The molecule has 0 bridgehead atoms. The number of hydrogen-bond acceptors (Lipinski definition) is 2. The number of rotatable bonds is 2. The van der Waals surface area contributed by atoms with E-state index in [1.807, 2.05) is 19.1 Å². The Hall–Kier alpha value is -0.0300. The Bertz CT molecular complexity index is 209. The molecule has 1 aromatic heterocycles. The average molecular weight is 251 g/mol. The van der Waals surface area contributed by atoms with Gasteiger partial charge in [-0.3, -0.25) is 0 Å². The predicted octanol–water partition coefficient (Wildman–Crippen LogP) is 2.29. The summed E-state index contributed by atoms with van der Waals surface area (Å²) in [4.78, 5) is 0. The Kier molecular flexibility index (Phi) is 2.73. The van der Waals surface area contributed by atoms with Crippen LogP contribution < -0.4 is 5.73 Å². The largest absolute Gasteiger partial charge is 0.454 e. The van der Waals surface area contributed by atoms with E-state index < -0.39 is 0 Å². The van der Waals surface area contributed by atoms with Gasteiger partial charge in [0.05, 0.1) is 6.04 Å². The third-order valence-electron chi connectivity index (χ3n) is 1.40. The van der Waals surface area contributed by atoms with Gasteiger partial charge in [-0.15, -0.1) is 0 Å². The van der Waals surface area contributed by atoms with E-state index in [1.165, 1.54) is 0 Å². The minimum absolute atomic E-state index is 0.0588. The van der Waals surface area contributed by atoms with Crippen molar-refractivity contribution in [3.63, 3.8) is 0 Å². The summed E-state index contributed by atoms with van der Waals surface area (Å²) < 4.78 is 6.20. The number of halogens is 1. The summed E-state index contributed by atoms with van der Waals surface area (Å²) in [5.74, 6) is 0.881. The van der Waals surface area contributed by atoms with Crippen LogP contribution in [0.3, 0.4) is 0 Å². The zero-order chi connectivity index (χ0) is 7.56. The number of hydrogen-bond donors (Lipinski definition) is 1. The molecule has 2 N–H and O–H groups in total. The first-order chi connectivity index (χ1) is 4.74. The summed E-state index contributed by atoms with van der Waals surface area (Å²) in [6.07, 6.45) is 0.920. The smallest absolute Gasteiger partial charge is 0.164 e. The van der Waals surface area contributed by atoms with Gasteiger partial charge in [0.1, 0.15) is 5.76 Å². The molecule has 0 aliphatic rings. The van der Waals surface area contributed by atoms with E-state index >= 15 is 0 Å². The van der Waals surface area contributed by atoms with Crippen LogP contribution >= 0.6 is 22.6 Å². The molecule has 56 valence electrons. The van der Waals surface area contributed by atoms with Crippen molar-refractivity contribution in [3.05, 3.63) is 21.7 Å². The van der Waals surface area contributed by atoms with Gasteiger partial charge in [0, 0.05) is 0 Å². The third kappa shape index (κ3) is 1.73. The molecular formula is C7H10INO. The van der Waals surface area contributed by atoms with Crippen LogP contribution in [0, 0.1) is 3.77 Å². The molecule has 1 aromatic rings. The fourth-order valence-corrected chi connectivity index (χ4v) is 1.16. The lowest BCUT2D eigenvalue weighted by Crippen LogP contribution is -2.06. The Balaban J connectivity index is 2.74. The van der Waals surface area contributed by atoms with E-state index in [1.54, 1.807) is 0 Å². The molecule has 1 rings (SSSR count). The van der Waals surface area contributed by atoms with Crippen molar-refractivity contribution in [2.75, 3.05) is 0 Å². The molecule has 0 saturated heterocycles. The molecule has 0 radical (unpaired) electrons. The molecule has 1 atom stereocenters. The second kappa shape index (κ2) is 3.39. The maximum Gasteiger partial charge on any atom is 0.164 e. The molecule has 10 heavy (non-hydrogen) atoms. The molecule has 0 saturated carbocycles. The molecule has 0 aliphatic carbocycles. The molecule has 0 unspecified atom stereocenters.